The van der Waals surface area contributed by atoms with E-state index < -0.39 is 0 Å². The van der Waals surface area contributed by atoms with Crippen LogP contribution < -0.4 is 10.6 Å². The lowest BCUT2D eigenvalue weighted by Crippen LogP contribution is -2.45. The van der Waals surface area contributed by atoms with E-state index >= 15 is 0 Å². The maximum absolute atomic E-state index is 12.5. The zero-order chi connectivity index (χ0) is 14.7. The van der Waals surface area contributed by atoms with Crippen LogP contribution in [-0.2, 0) is 0 Å². The van der Waals surface area contributed by atoms with E-state index in [-0.39, 0.29) is 24.4 Å². The van der Waals surface area contributed by atoms with Gasteiger partial charge in [-0.15, -0.1) is 12.4 Å². The van der Waals surface area contributed by atoms with E-state index in [2.05, 4.69) is 20.8 Å². The normalized spacial score (nSPS) is 17.6. The summed E-state index contributed by atoms with van der Waals surface area (Å²) in [5, 5.41) is 10.1. The Balaban J connectivity index is 0.00000176. The molecular weight excluding hydrogens is 304 g/mol. The predicted molar refractivity (Wildman–Crippen MR) is 85.1 cm³/mol. The first kappa shape index (κ1) is 16.5. The highest BCUT2D eigenvalue weighted by Crippen LogP contribution is 2.22. The molecule has 118 valence electrons. The van der Waals surface area contributed by atoms with Crippen LogP contribution in [0.3, 0.4) is 0 Å². The molecule has 0 radical (unpaired) electrons. The highest BCUT2D eigenvalue weighted by molar-refractivity contribution is 6.00. The van der Waals surface area contributed by atoms with Crippen molar-refractivity contribution in [2.75, 3.05) is 13.1 Å². The van der Waals surface area contributed by atoms with E-state index in [0.717, 1.165) is 25.9 Å². The minimum atomic E-state index is -0.102. The third-order valence-electron chi connectivity index (χ3n) is 3.56. The van der Waals surface area contributed by atoms with Crippen molar-refractivity contribution in [1.29, 1.82) is 0 Å². The standard InChI is InChI=1S/C15H18N4O2.ClH/c1-10-17-15(21-19-10)13-7-3-2-6-12(13)14(20)18-11-5-4-8-16-9-11;/h2-3,6-7,11,16H,4-5,8-9H2,1H3,(H,18,20);1H/t11-;/m0./s1. The lowest BCUT2D eigenvalue weighted by atomic mass is 10.0. The number of nitrogens with zero attached hydrogens (tertiary/aromatic N) is 2. The fraction of sp³-hybridized carbons (Fsp3) is 0.400. The van der Waals surface area contributed by atoms with Crippen LogP contribution in [0.5, 0.6) is 0 Å². The number of aryl methyl sites for hydroxylation is 1. The van der Waals surface area contributed by atoms with Gasteiger partial charge in [-0.2, -0.15) is 4.98 Å². The van der Waals surface area contributed by atoms with Crippen molar-refractivity contribution in [3.63, 3.8) is 0 Å². The van der Waals surface area contributed by atoms with Gasteiger partial charge in [-0.3, -0.25) is 4.79 Å². The van der Waals surface area contributed by atoms with Crippen LogP contribution >= 0.6 is 12.4 Å². The molecule has 0 saturated carbocycles. The third kappa shape index (κ3) is 3.64. The molecule has 1 amide bonds. The van der Waals surface area contributed by atoms with Gasteiger partial charge in [0.25, 0.3) is 11.8 Å². The second kappa shape index (κ2) is 7.38. The molecule has 22 heavy (non-hydrogen) atoms. The van der Waals surface area contributed by atoms with Gasteiger partial charge in [0.15, 0.2) is 5.82 Å². The molecule has 2 heterocycles. The molecule has 1 atom stereocenters. The van der Waals surface area contributed by atoms with Crippen molar-refractivity contribution in [2.45, 2.75) is 25.8 Å². The summed E-state index contributed by atoms with van der Waals surface area (Å²) in [6, 6.07) is 7.46. The number of benzene rings is 1. The van der Waals surface area contributed by atoms with E-state index in [4.69, 9.17) is 4.52 Å². The van der Waals surface area contributed by atoms with E-state index in [9.17, 15) is 4.79 Å². The van der Waals surface area contributed by atoms with E-state index in [1.54, 1.807) is 13.0 Å². The second-order valence-electron chi connectivity index (χ2n) is 5.21. The van der Waals surface area contributed by atoms with Gasteiger partial charge in [0.1, 0.15) is 0 Å². The van der Waals surface area contributed by atoms with Gasteiger partial charge in [0.2, 0.25) is 0 Å². The van der Waals surface area contributed by atoms with Gasteiger partial charge in [0.05, 0.1) is 11.1 Å². The maximum Gasteiger partial charge on any atom is 0.258 e. The molecule has 2 aromatic rings. The molecule has 1 aliphatic rings. The summed E-state index contributed by atoms with van der Waals surface area (Å²) in [4.78, 5) is 16.7. The van der Waals surface area contributed by atoms with Crippen molar-refractivity contribution >= 4 is 18.3 Å². The quantitative estimate of drug-likeness (QED) is 0.903. The SMILES string of the molecule is Cc1noc(-c2ccccc2C(=O)N[C@H]2CCCNC2)n1.Cl. The lowest BCUT2D eigenvalue weighted by Gasteiger charge is -2.24. The Morgan fingerprint density at radius 3 is 2.91 bits per heavy atom. The van der Waals surface area contributed by atoms with Crippen LogP contribution in [0.2, 0.25) is 0 Å². The van der Waals surface area contributed by atoms with Crippen LogP contribution in [-0.4, -0.2) is 35.2 Å². The number of nitrogens with one attached hydrogen (secondary N) is 2. The second-order valence-corrected chi connectivity index (χ2v) is 5.21. The molecule has 0 aliphatic carbocycles. The summed E-state index contributed by atoms with van der Waals surface area (Å²) < 4.78 is 5.18. The molecule has 1 aliphatic heterocycles. The molecule has 2 N–H and O–H groups in total. The average molecular weight is 323 g/mol. The first-order valence-corrected chi connectivity index (χ1v) is 7.15. The zero-order valence-corrected chi connectivity index (χ0v) is 13.2. The van der Waals surface area contributed by atoms with Crippen LogP contribution in [0, 0.1) is 6.92 Å². The third-order valence-corrected chi connectivity index (χ3v) is 3.56. The molecule has 6 nitrogen and oxygen atoms in total. The van der Waals surface area contributed by atoms with Gasteiger partial charge in [-0.05, 0) is 38.4 Å². The Morgan fingerprint density at radius 1 is 1.41 bits per heavy atom. The van der Waals surface area contributed by atoms with Crippen LogP contribution in [0.15, 0.2) is 28.8 Å². The minimum absolute atomic E-state index is 0. The van der Waals surface area contributed by atoms with Crippen molar-refractivity contribution in [2.24, 2.45) is 0 Å². The van der Waals surface area contributed by atoms with Gasteiger partial charge < -0.3 is 15.2 Å². The number of hydrogen-bond donors (Lipinski definition) is 2. The summed E-state index contributed by atoms with van der Waals surface area (Å²) in [6.45, 7) is 3.58. The highest BCUT2D eigenvalue weighted by Gasteiger charge is 2.20. The number of aromatic nitrogens is 2. The molecule has 0 unspecified atom stereocenters. The van der Waals surface area contributed by atoms with Crippen molar-refractivity contribution in [1.82, 2.24) is 20.8 Å². The number of carbonyl (C=O) groups is 1. The first-order chi connectivity index (χ1) is 10.2. The molecular formula is C15H19ClN4O2. The van der Waals surface area contributed by atoms with Gasteiger partial charge in [-0.25, -0.2) is 0 Å². The van der Waals surface area contributed by atoms with Gasteiger partial charge >= 0.3 is 0 Å². The smallest absolute Gasteiger partial charge is 0.258 e. The Hall–Kier alpha value is -1.92. The van der Waals surface area contributed by atoms with E-state index in [1.807, 2.05) is 18.2 Å². The fourth-order valence-corrected chi connectivity index (χ4v) is 2.51. The zero-order valence-electron chi connectivity index (χ0n) is 12.3. The largest absolute Gasteiger partial charge is 0.348 e. The summed E-state index contributed by atoms with van der Waals surface area (Å²) in [5.74, 6) is 0.826. The number of amides is 1. The molecule has 1 saturated heterocycles. The van der Waals surface area contributed by atoms with Crippen molar-refractivity contribution in [3.05, 3.63) is 35.7 Å². The number of rotatable bonds is 3. The van der Waals surface area contributed by atoms with Crippen molar-refractivity contribution in [3.8, 4) is 11.5 Å². The van der Waals surface area contributed by atoms with Gasteiger partial charge in [0, 0.05) is 12.6 Å². The van der Waals surface area contributed by atoms with Crippen LogP contribution in [0.25, 0.3) is 11.5 Å². The fourth-order valence-electron chi connectivity index (χ4n) is 2.51. The Kier molecular flexibility index (Phi) is 5.51. The first-order valence-electron chi connectivity index (χ1n) is 7.15. The number of carbonyl (C=O) groups excluding carboxylic acids is 1. The van der Waals surface area contributed by atoms with Crippen molar-refractivity contribution < 1.29 is 9.32 Å². The van der Waals surface area contributed by atoms with E-state index in [0.29, 0.717) is 22.8 Å². The molecule has 0 spiro atoms. The van der Waals surface area contributed by atoms with Crippen LogP contribution in [0.1, 0.15) is 29.0 Å². The number of piperidine rings is 1. The number of halogens is 1. The molecule has 3 rings (SSSR count). The maximum atomic E-state index is 12.5. The monoisotopic (exact) mass is 322 g/mol. The summed E-state index contributed by atoms with van der Waals surface area (Å²) >= 11 is 0. The molecule has 0 bridgehead atoms. The molecule has 1 aromatic carbocycles. The van der Waals surface area contributed by atoms with E-state index in [1.165, 1.54) is 0 Å². The predicted octanol–water partition coefficient (Wildman–Crippen LogP) is 1.95. The molecule has 1 fully saturated rings. The molecule has 7 heteroatoms. The Labute approximate surface area is 135 Å². The summed E-state index contributed by atoms with van der Waals surface area (Å²) in [5.41, 5.74) is 1.23. The van der Waals surface area contributed by atoms with Gasteiger partial charge in [-0.1, -0.05) is 17.3 Å². The Morgan fingerprint density at radius 2 is 2.23 bits per heavy atom. The molecule has 1 aromatic heterocycles. The minimum Gasteiger partial charge on any atom is -0.348 e. The number of hydrogen-bond acceptors (Lipinski definition) is 5. The lowest BCUT2D eigenvalue weighted by molar-refractivity contribution is 0.0931. The average Bonchev–Trinajstić information content (AvgIpc) is 2.95. The topological polar surface area (TPSA) is 80.0 Å². The summed E-state index contributed by atoms with van der Waals surface area (Å²) in [7, 11) is 0. The Bertz CT molecular complexity index is 638. The summed E-state index contributed by atoms with van der Waals surface area (Å²) in [6.07, 6.45) is 2.08. The highest BCUT2D eigenvalue weighted by atomic mass is 35.5. The van der Waals surface area contributed by atoms with Crippen LogP contribution in [0.4, 0.5) is 0 Å².